The minimum absolute atomic E-state index is 0.770. The molecule has 1 aromatic rings. The first kappa shape index (κ1) is 15.5. The lowest BCUT2D eigenvalue weighted by Crippen LogP contribution is -2.38. The molecule has 108 valence electrons. The average Bonchev–Trinajstić information content (AvgIpc) is 2.92. The molecule has 0 unspecified atom stereocenters. The summed E-state index contributed by atoms with van der Waals surface area (Å²) in [7, 11) is 1.72. The molecule has 19 heavy (non-hydrogen) atoms. The van der Waals surface area contributed by atoms with Crippen molar-refractivity contribution in [1.82, 2.24) is 20.4 Å². The predicted molar refractivity (Wildman–Crippen MR) is 77.3 cm³/mol. The molecular formula is C13H25N5O. The summed E-state index contributed by atoms with van der Waals surface area (Å²) in [5, 5.41) is 10.7. The van der Waals surface area contributed by atoms with Crippen LogP contribution in [0.25, 0.3) is 0 Å². The van der Waals surface area contributed by atoms with Crippen LogP contribution in [0.1, 0.15) is 19.8 Å². The summed E-state index contributed by atoms with van der Waals surface area (Å²) in [6.07, 6.45) is 5.73. The van der Waals surface area contributed by atoms with Crippen molar-refractivity contribution >= 4 is 5.96 Å². The third-order valence-electron chi connectivity index (χ3n) is 2.54. The van der Waals surface area contributed by atoms with E-state index in [0.29, 0.717) is 0 Å². The highest BCUT2D eigenvalue weighted by Gasteiger charge is 1.96. The summed E-state index contributed by atoms with van der Waals surface area (Å²) in [6.45, 7) is 6.27. The lowest BCUT2D eigenvalue weighted by atomic mass is 10.4. The summed E-state index contributed by atoms with van der Waals surface area (Å²) >= 11 is 0. The number of aliphatic imine (C=N–C) groups is 1. The van der Waals surface area contributed by atoms with Crippen LogP contribution in [0.5, 0.6) is 0 Å². The number of nitrogens with zero attached hydrogens (tertiary/aromatic N) is 3. The van der Waals surface area contributed by atoms with Crippen LogP contribution in [-0.4, -0.2) is 49.1 Å². The fourth-order valence-corrected chi connectivity index (χ4v) is 1.62. The molecule has 0 bridgehead atoms. The molecule has 0 aliphatic carbocycles. The lowest BCUT2D eigenvalue weighted by Gasteiger charge is -2.10. The van der Waals surface area contributed by atoms with Gasteiger partial charge in [-0.05, 0) is 25.8 Å². The highest BCUT2D eigenvalue weighted by Crippen LogP contribution is 1.90. The molecule has 6 heteroatoms. The Balaban J connectivity index is 2.19. The molecule has 0 saturated heterocycles. The molecule has 1 rings (SSSR count). The lowest BCUT2D eigenvalue weighted by molar-refractivity contribution is 0.195. The van der Waals surface area contributed by atoms with Crippen LogP contribution in [-0.2, 0) is 11.3 Å². The third kappa shape index (κ3) is 7.46. The molecule has 1 aromatic heterocycles. The van der Waals surface area contributed by atoms with Gasteiger partial charge in [-0.25, -0.2) is 0 Å². The largest absolute Gasteiger partial charge is 0.385 e. The maximum atomic E-state index is 5.01. The molecule has 0 aliphatic rings. The first-order chi connectivity index (χ1) is 9.36. The van der Waals surface area contributed by atoms with Crippen molar-refractivity contribution in [1.29, 1.82) is 0 Å². The van der Waals surface area contributed by atoms with Crippen molar-refractivity contribution in [2.24, 2.45) is 4.99 Å². The maximum Gasteiger partial charge on any atom is 0.191 e. The number of methoxy groups -OCH3 is 1. The maximum absolute atomic E-state index is 5.01. The molecular weight excluding hydrogens is 242 g/mol. The molecule has 0 fully saturated rings. The van der Waals surface area contributed by atoms with Crippen molar-refractivity contribution in [2.75, 3.05) is 33.4 Å². The summed E-state index contributed by atoms with van der Waals surface area (Å²) in [4.78, 5) is 4.52. The first-order valence-electron chi connectivity index (χ1n) is 6.85. The Hall–Kier alpha value is -1.56. The van der Waals surface area contributed by atoms with Crippen molar-refractivity contribution in [2.45, 2.75) is 26.3 Å². The van der Waals surface area contributed by atoms with Gasteiger partial charge in [0.25, 0.3) is 0 Å². The first-order valence-corrected chi connectivity index (χ1v) is 6.85. The topological polar surface area (TPSA) is 63.5 Å². The predicted octanol–water partition coefficient (Wildman–Crippen LogP) is 0.865. The average molecular weight is 267 g/mol. The van der Waals surface area contributed by atoms with Crippen molar-refractivity contribution < 1.29 is 4.74 Å². The SMILES string of the molecule is CCNC(=NCCCn1cccn1)NCCCOC. The van der Waals surface area contributed by atoms with E-state index in [2.05, 4.69) is 27.6 Å². The second kappa shape index (κ2) is 10.4. The number of ether oxygens (including phenoxy) is 1. The van der Waals surface area contributed by atoms with E-state index < -0.39 is 0 Å². The van der Waals surface area contributed by atoms with E-state index in [0.717, 1.165) is 51.6 Å². The molecule has 0 aliphatic heterocycles. The number of aryl methyl sites for hydroxylation is 1. The standard InChI is InChI=1S/C13H25N5O/c1-3-14-13(16-8-6-12-19-2)15-7-4-10-18-11-5-9-17-18/h5,9,11H,3-4,6-8,10,12H2,1-2H3,(H2,14,15,16). The van der Waals surface area contributed by atoms with Crippen LogP contribution < -0.4 is 10.6 Å². The Morgan fingerprint density at radius 2 is 2.26 bits per heavy atom. The number of rotatable bonds is 9. The zero-order chi connectivity index (χ0) is 13.8. The highest BCUT2D eigenvalue weighted by atomic mass is 16.5. The Bertz CT molecular complexity index is 337. The van der Waals surface area contributed by atoms with Crippen molar-refractivity contribution in [3.8, 4) is 0 Å². The van der Waals surface area contributed by atoms with Crippen LogP contribution in [0.4, 0.5) is 0 Å². The number of hydrogen-bond acceptors (Lipinski definition) is 3. The Morgan fingerprint density at radius 1 is 1.37 bits per heavy atom. The summed E-state index contributed by atoms with van der Waals surface area (Å²) in [5.41, 5.74) is 0. The zero-order valence-corrected chi connectivity index (χ0v) is 11.9. The molecule has 0 spiro atoms. The van der Waals surface area contributed by atoms with Crippen LogP contribution >= 0.6 is 0 Å². The normalized spacial score (nSPS) is 11.6. The second-order valence-electron chi connectivity index (χ2n) is 4.16. The van der Waals surface area contributed by atoms with Gasteiger partial charge < -0.3 is 15.4 Å². The quantitative estimate of drug-likeness (QED) is 0.396. The van der Waals surface area contributed by atoms with Gasteiger partial charge in [-0.2, -0.15) is 5.10 Å². The van der Waals surface area contributed by atoms with E-state index in [4.69, 9.17) is 4.74 Å². The van der Waals surface area contributed by atoms with Gasteiger partial charge in [0.05, 0.1) is 0 Å². The number of nitrogens with one attached hydrogen (secondary N) is 2. The summed E-state index contributed by atoms with van der Waals surface area (Å²) in [5.74, 6) is 0.874. The van der Waals surface area contributed by atoms with Gasteiger partial charge in [0.15, 0.2) is 5.96 Å². The van der Waals surface area contributed by atoms with Crippen LogP contribution in [0.2, 0.25) is 0 Å². The number of hydrogen-bond donors (Lipinski definition) is 2. The van der Waals surface area contributed by atoms with E-state index in [1.54, 1.807) is 13.3 Å². The fourth-order valence-electron chi connectivity index (χ4n) is 1.62. The molecule has 0 radical (unpaired) electrons. The van der Waals surface area contributed by atoms with Gasteiger partial charge in [0, 0.05) is 52.3 Å². The summed E-state index contributed by atoms with van der Waals surface area (Å²) < 4.78 is 6.94. The monoisotopic (exact) mass is 267 g/mol. The van der Waals surface area contributed by atoms with Gasteiger partial charge in [-0.1, -0.05) is 0 Å². The minimum Gasteiger partial charge on any atom is -0.385 e. The van der Waals surface area contributed by atoms with E-state index in [1.807, 2.05) is 16.9 Å². The Labute approximate surface area is 115 Å². The van der Waals surface area contributed by atoms with Crippen LogP contribution in [0, 0.1) is 0 Å². The number of guanidine groups is 1. The van der Waals surface area contributed by atoms with Gasteiger partial charge in [-0.15, -0.1) is 0 Å². The molecule has 1 heterocycles. The smallest absolute Gasteiger partial charge is 0.191 e. The molecule has 6 nitrogen and oxygen atoms in total. The second-order valence-corrected chi connectivity index (χ2v) is 4.16. The zero-order valence-electron chi connectivity index (χ0n) is 11.9. The van der Waals surface area contributed by atoms with Crippen LogP contribution in [0.3, 0.4) is 0 Å². The van der Waals surface area contributed by atoms with E-state index in [-0.39, 0.29) is 0 Å². The highest BCUT2D eigenvalue weighted by molar-refractivity contribution is 5.79. The van der Waals surface area contributed by atoms with Gasteiger partial charge in [0.1, 0.15) is 0 Å². The number of aromatic nitrogens is 2. The van der Waals surface area contributed by atoms with E-state index >= 15 is 0 Å². The molecule has 0 aromatic carbocycles. The van der Waals surface area contributed by atoms with E-state index in [9.17, 15) is 0 Å². The Morgan fingerprint density at radius 3 is 2.95 bits per heavy atom. The molecule has 0 amide bonds. The van der Waals surface area contributed by atoms with Gasteiger partial charge in [-0.3, -0.25) is 9.67 Å². The van der Waals surface area contributed by atoms with Crippen molar-refractivity contribution in [3.63, 3.8) is 0 Å². The van der Waals surface area contributed by atoms with Gasteiger partial charge >= 0.3 is 0 Å². The minimum atomic E-state index is 0.770. The molecule has 2 N–H and O–H groups in total. The van der Waals surface area contributed by atoms with Gasteiger partial charge in [0.2, 0.25) is 0 Å². The fraction of sp³-hybridized carbons (Fsp3) is 0.692. The van der Waals surface area contributed by atoms with E-state index in [1.165, 1.54) is 0 Å². The van der Waals surface area contributed by atoms with Crippen molar-refractivity contribution in [3.05, 3.63) is 18.5 Å². The summed E-state index contributed by atoms with van der Waals surface area (Å²) in [6, 6.07) is 1.94. The molecule has 0 saturated carbocycles. The third-order valence-corrected chi connectivity index (χ3v) is 2.54. The molecule has 0 atom stereocenters. The Kier molecular flexibility index (Phi) is 8.46. The van der Waals surface area contributed by atoms with Crippen LogP contribution in [0.15, 0.2) is 23.5 Å².